The van der Waals surface area contributed by atoms with E-state index < -0.39 is 9.84 Å². The van der Waals surface area contributed by atoms with Crippen LogP contribution in [0, 0.1) is 0 Å². The zero-order chi connectivity index (χ0) is 19.6. The highest BCUT2D eigenvalue weighted by atomic mass is 35.5. The number of aromatic nitrogens is 1. The molecule has 0 N–H and O–H groups in total. The maximum absolute atomic E-state index is 12.9. The van der Waals surface area contributed by atoms with Crippen LogP contribution in [0.3, 0.4) is 0 Å². The Labute approximate surface area is 171 Å². The Bertz CT molecular complexity index is 1050. The lowest BCUT2D eigenvalue weighted by atomic mass is 10.2. The fourth-order valence-corrected chi connectivity index (χ4v) is 5.41. The summed E-state index contributed by atoms with van der Waals surface area (Å²) in [6, 6.07) is 19.0. The third-order valence-corrected chi connectivity index (χ3v) is 7.26. The average molecular weight is 415 g/mol. The molecule has 4 rings (SSSR count). The van der Waals surface area contributed by atoms with Crippen LogP contribution in [0.4, 0.5) is 0 Å². The van der Waals surface area contributed by atoms with Crippen molar-refractivity contribution >= 4 is 21.4 Å². The molecule has 146 valence electrons. The normalized spacial score (nSPS) is 17.8. The van der Waals surface area contributed by atoms with Gasteiger partial charge >= 0.3 is 0 Å². The summed E-state index contributed by atoms with van der Waals surface area (Å²) >= 11 is 5.96. The number of hydrogen-bond donors (Lipinski definition) is 0. The molecule has 3 aromatic rings. The molecule has 1 aliphatic heterocycles. The van der Waals surface area contributed by atoms with Crippen LogP contribution in [0.1, 0.15) is 18.4 Å². The predicted molar refractivity (Wildman–Crippen MR) is 111 cm³/mol. The van der Waals surface area contributed by atoms with Crippen molar-refractivity contribution < 1.29 is 8.42 Å². The maximum Gasteiger partial charge on any atom is 0.208 e. The molecule has 6 heteroatoms. The van der Waals surface area contributed by atoms with Crippen LogP contribution in [0.2, 0.25) is 5.02 Å². The summed E-state index contributed by atoms with van der Waals surface area (Å²) in [7, 11) is -3.56. The zero-order valence-corrected chi connectivity index (χ0v) is 17.1. The van der Waals surface area contributed by atoms with Crippen molar-refractivity contribution in [1.82, 2.24) is 9.47 Å². The van der Waals surface area contributed by atoms with E-state index in [0.717, 1.165) is 26.1 Å². The van der Waals surface area contributed by atoms with Gasteiger partial charge in [0.1, 0.15) is 0 Å². The smallest absolute Gasteiger partial charge is 0.208 e. The lowest BCUT2D eigenvalue weighted by Gasteiger charge is -2.25. The molecule has 4 nitrogen and oxygen atoms in total. The molecule has 0 spiro atoms. The van der Waals surface area contributed by atoms with E-state index >= 15 is 0 Å². The Kier molecular flexibility index (Phi) is 5.58. The van der Waals surface area contributed by atoms with Crippen LogP contribution < -0.4 is 0 Å². The lowest BCUT2D eigenvalue weighted by Crippen LogP contribution is -2.32. The van der Waals surface area contributed by atoms with Gasteiger partial charge in [0.15, 0.2) is 0 Å². The molecule has 2 heterocycles. The molecule has 0 saturated carbocycles. The molecule has 0 aliphatic carbocycles. The van der Waals surface area contributed by atoms with Gasteiger partial charge in [0, 0.05) is 36.5 Å². The van der Waals surface area contributed by atoms with E-state index in [1.165, 1.54) is 18.1 Å². The summed E-state index contributed by atoms with van der Waals surface area (Å²) in [5.41, 5.74) is 1.31. The topological polar surface area (TPSA) is 42.3 Å². The SMILES string of the molecule is O=S(=O)(c1cccc(Cl)c1)c1ccn(CC2CCCN2Cc2ccccc2)c1. The monoisotopic (exact) mass is 414 g/mol. The van der Waals surface area contributed by atoms with Gasteiger partial charge < -0.3 is 4.57 Å². The third-order valence-electron chi connectivity index (χ3n) is 5.29. The maximum atomic E-state index is 12.9. The first-order chi connectivity index (χ1) is 13.5. The Morgan fingerprint density at radius 3 is 2.61 bits per heavy atom. The first kappa shape index (κ1) is 19.2. The van der Waals surface area contributed by atoms with Crippen molar-refractivity contribution in [2.24, 2.45) is 0 Å². The number of rotatable bonds is 6. The molecule has 1 atom stereocenters. The quantitative estimate of drug-likeness (QED) is 0.590. The number of sulfone groups is 1. The second kappa shape index (κ2) is 8.11. The first-order valence-corrected chi connectivity index (χ1v) is 11.3. The standard InChI is InChI=1S/C22H23ClN2O2S/c23-19-8-4-10-21(14-19)28(26,27)22-11-13-24(17-22)16-20-9-5-12-25(20)15-18-6-2-1-3-7-18/h1-4,6-8,10-11,13-14,17,20H,5,9,12,15-16H2. The lowest BCUT2D eigenvalue weighted by molar-refractivity contribution is 0.224. The van der Waals surface area contributed by atoms with Crippen LogP contribution >= 0.6 is 11.6 Å². The highest BCUT2D eigenvalue weighted by Gasteiger charge is 2.25. The fraction of sp³-hybridized carbons (Fsp3) is 0.273. The van der Waals surface area contributed by atoms with E-state index in [-0.39, 0.29) is 4.90 Å². The number of nitrogens with zero attached hydrogens (tertiary/aromatic N) is 2. The van der Waals surface area contributed by atoms with Gasteiger partial charge in [-0.05, 0) is 49.2 Å². The highest BCUT2D eigenvalue weighted by molar-refractivity contribution is 7.91. The summed E-state index contributed by atoms with van der Waals surface area (Å²) in [6.07, 6.45) is 5.89. The average Bonchev–Trinajstić information content (AvgIpc) is 3.33. The fourth-order valence-electron chi connectivity index (χ4n) is 3.83. The zero-order valence-electron chi connectivity index (χ0n) is 15.5. The van der Waals surface area contributed by atoms with Crippen molar-refractivity contribution in [2.45, 2.75) is 41.8 Å². The van der Waals surface area contributed by atoms with E-state index in [9.17, 15) is 8.42 Å². The van der Waals surface area contributed by atoms with E-state index in [4.69, 9.17) is 11.6 Å². The van der Waals surface area contributed by atoms with E-state index in [0.29, 0.717) is 16.0 Å². The van der Waals surface area contributed by atoms with Crippen LogP contribution in [-0.2, 0) is 22.9 Å². The van der Waals surface area contributed by atoms with Gasteiger partial charge in [-0.15, -0.1) is 0 Å². The summed E-state index contributed by atoms with van der Waals surface area (Å²) in [6.45, 7) is 2.80. The summed E-state index contributed by atoms with van der Waals surface area (Å²) in [5.74, 6) is 0. The summed E-state index contributed by atoms with van der Waals surface area (Å²) in [4.78, 5) is 3.02. The van der Waals surface area contributed by atoms with Gasteiger partial charge in [0.05, 0.1) is 9.79 Å². The van der Waals surface area contributed by atoms with Crippen molar-refractivity contribution in [3.8, 4) is 0 Å². The molecule has 1 aliphatic rings. The number of halogens is 1. The number of hydrogen-bond acceptors (Lipinski definition) is 3. The molecule has 1 unspecified atom stereocenters. The molecule has 0 amide bonds. The third kappa shape index (κ3) is 4.17. The highest BCUT2D eigenvalue weighted by Crippen LogP contribution is 2.25. The number of likely N-dealkylation sites (tertiary alicyclic amines) is 1. The second-order valence-corrected chi connectivity index (χ2v) is 9.64. The molecular weight excluding hydrogens is 392 g/mol. The Morgan fingerprint density at radius 2 is 1.82 bits per heavy atom. The molecule has 1 fully saturated rings. The molecule has 0 bridgehead atoms. The van der Waals surface area contributed by atoms with E-state index in [1.54, 1.807) is 30.5 Å². The minimum absolute atomic E-state index is 0.226. The predicted octanol–water partition coefficient (Wildman–Crippen LogP) is 4.64. The van der Waals surface area contributed by atoms with Crippen LogP contribution in [-0.4, -0.2) is 30.5 Å². The van der Waals surface area contributed by atoms with Crippen molar-refractivity contribution in [1.29, 1.82) is 0 Å². The van der Waals surface area contributed by atoms with Gasteiger partial charge in [-0.2, -0.15) is 0 Å². The molecule has 28 heavy (non-hydrogen) atoms. The van der Waals surface area contributed by atoms with Crippen LogP contribution in [0.5, 0.6) is 0 Å². The van der Waals surface area contributed by atoms with Crippen LogP contribution in [0.15, 0.2) is 82.8 Å². The van der Waals surface area contributed by atoms with Crippen molar-refractivity contribution in [3.05, 3.63) is 83.6 Å². The van der Waals surface area contributed by atoms with Gasteiger partial charge in [-0.25, -0.2) is 8.42 Å². The van der Waals surface area contributed by atoms with Crippen molar-refractivity contribution in [3.63, 3.8) is 0 Å². The molecule has 0 radical (unpaired) electrons. The van der Waals surface area contributed by atoms with E-state index in [2.05, 4.69) is 29.2 Å². The minimum atomic E-state index is -3.56. The molecular formula is C22H23ClN2O2S. The summed E-state index contributed by atoms with van der Waals surface area (Å²) in [5, 5.41) is 0.419. The van der Waals surface area contributed by atoms with E-state index in [1.807, 2.05) is 16.8 Å². The molecule has 1 aromatic heterocycles. The Hall–Kier alpha value is -2.08. The largest absolute Gasteiger partial charge is 0.351 e. The Morgan fingerprint density at radius 1 is 1.00 bits per heavy atom. The van der Waals surface area contributed by atoms with Gasteiger partial charge in [0.25, 0.3) is 0 Å². The van der Waals surface area contributed by atoms with Crippen molar-refractivity contribution in [2.75, 3.05) is 6.54 Å². The molecule has 2 aromatic carbocycles. The minimum Gasteiger partial charge on any atom is -0.351 e. The number of benzene rings is 2. The summed E-state index contributed by atoms with van der Waals surface area (Å²) < 4.78 is 27.7. The molecule has 1 saturated heterocycles. The Balaban J connectivity index is 1.48. The second-order valence-electron chi connectivity index (χ2n) is 7.26. The van der Waals surface area contributed by atoms with Gasteiger partial charge in [-0.1, -0.05) is 48.0 Å². The van der Waals surface area contributed by atoms with Crippen LogP contribution in [0.25, 0.3) is 0 Å². The van der Waals surface area contributed by atoms with Gasteiger partial charge in [-0.3, -0.25) is 4.90 Å². The van der Waals surface area contributed by atoms with Gasteiger partial charge in [0.2, 0.25) is 9.84 Å². The first-order valence-electron chi connectivity index (χ1n) is 9.47.